The number of pyridine rings is 1. The highest BCUT2D eigenvalue weighted by molar-refractivity contribution is 6.02. The first-order valence-electron chi connectivity index (χ1n) is 9.25. The molecule has 1 fully saturated rings. The van der Waals surface area contributed by atoms with E-state index in [2.05, 4.69) is 15.3 Å². The maximum Gasteiger partial charge on any atom is 0.356 e. The predicted molar refractivity (Wildman–Crippen MR) is 105 cm³/mol. The number of para-hydroxylation sites is 1. The Bertz CT molecular complexity index is 1180. The van der Waals surface area contributed by atoms with Crippen molar-refractivity contribution in [2.45, 2.75) is 18.8 Å². The van der Waals surface area contributed by atoms with Crippen LogP contribution in [-0.2, 0) is 4.74 Å². The Morgan fingerprint density at radius 3 is 2.68 bits per heavy atom. The lowest BCUT2D eigenvalue weighted by Crippen LogP contribution is -2.07. The Labute approximate surface area is 161 Å². The summed E-state index contributed by atoms with van der Waals surface area (Å²) in [6, 6.07) is 17.7. The van der Waals surface area contributed by atoms with Crippen LogP contribution in [0.5, 0.6) is 0 Å². The van der Waals surface area contributed by atoms with E-state index in [1.807, 2.05) is 54.7 Å². The number of hydrogen-bond donors (Lipinski definition) is 0. The largest absolute Gasteiger partial charge is 0.464 e. The molecule has 0 bridgehead atoms. The van der Waals surface area contributed by atoms with Gasteiger partial charge in [-0.3, -0.25) is 0 Å². The second-order valence-corrected chi connectivity index (χ2v) is 6.95. The van der Waals surface area contributed by atoms with E-state index < -0.39 is 5.97 Å². The third-order valence-corrected chi connectivity index (χ3v) is 5.05. The van der Waals surface area contributed by atoms with Crippen molar-refractivity contribution in [1.82, 2.24) is 20.0 Å². The number of fused-ring (bicyclic) bond motifs is 1. The lowest BCUT2D eigenvalue weighted by molar-refractivity contribution is 0.0594. The fraction of sp³-hybridized carbons (Fsp3) is 0.182. The second-order valence-electron chi connectivity index (χ2n) is 6.95. The highest BCUT2D eigenvalue weighted by atomic mass is 16.5. The van der Waals surface area contributed by atoms with E-state index in [0.29, 0.717) is 11.4 Å². The molecular weight excluding hydrogens is 352 g/mol. The molecule has 2 heterocycles. The van der Waals surface area contributed by atoms with E-state index in [-0.39, 0.29) is 5.69 Å². The summed E-state index contributed by atoms with van der Waals surface area (Å²) in [6.45, 7) is 0. The first kappa shape index (κ1) is 16.6. The normalized spacial score (nSPS) is 13.6. The molecule has 1 aliphatic rings. The Kier molecular flexibility index (Phi) is 3.90. The molecule has 5 rings (SSSR count). The summed E-state index contributed by atoms with van der Waals surface area (Å²) in [4.78, 5) is 16.9. The molecule has 0 aliphatic heterocycles. The molecule has 28 heavy (non-hydrogen) atoms. The summed E-state index contributed by atoms with van der Waals surface area (Å²) in [5.41, 5.74) is 4.69. The molecule has 0 spiro atoms. The van der Waals surface area contributed by atoms with Gasteiger partial charge < -0.3 is 4.74 Å². The van der Waals surface area contributed by atoms with Gasteiger partial charge in [-0.05, 0) is 36.1 Å². The molecule has 0 amide bonds. The molecule has 4 aromatic rings. The van der Waals surface area contributed by atoms with Gasteiger partial charge >= 0.3 is 5.97 Å². The minimum atomic E-state index is -0.467. The topological polar surface area (TPSA) is 69.9 Å². The smallest absolute Gasteiger partial charge is 0.356 e. The van der Waals surface area contributed by atoms with Crippen molar-refractivity contribution < 1.29 is 9.53 Å². The monoisotopic (exact) mass is 370 g/mol. The Morgan fingerprint density at radius 1 is 1.11 bits per heavy atom. The summed E-state index contributed by atoms with van der Waals surface area (Å²) in [5, 5.41) is 9.56. The van der Waals surface area contributed by atoms with E-state index in [1.165, 1.54) is 7.11 Å². The van der Waals surface area contributed by atoms with Crippen molar-refractivity contribution in [1.29, 1.82) is 0 Å². The van der Waals surface area contributed by atoms with Gasteiger partial charge in [-0.25, -0.2) is 14.5 Å². The SMILES string of the molecule is COC(=O)c1cc(-c2ccccc2)c2cccc(-n3cc(C4CC4)nn3)c2n1. The van der Waals surface area contributed by atoms with Crippen LogP contribution in [0.2, 0.25) is 0 Å². The van der Waals surface area contributed by atoms with Crippen LogP contribution in [-0.4, -0.2) is 33.1 Å². The van der Waals surface area contributed by atoms with Gasteiger partial charge in [-0.1, -0.05) is 47.7 Å². The minimum absolute atomic E-state index is 0.267. The summed E-state index contributed by atoms with van der Waals surface area (Å²) in [5.74, 6) is 0.0494. The van der Waals surface area contributed by atoms with Crippen molar-refractivity contribution in [2.75, 3.05) is 7.11 Å². The standard InChI is InChI=1S/C22H18N4O2/c1-28-22(27)18-12-17(14-6-3-2-4-7-14)16-8-5-9-20(21(16)23-18)26-13-19(24-25-26)15-10-11-15/h2-9,12-13,15H,10-11H2,1H3. The minimum Gasteiger partial charge on any atom is -0.464 e. The second kappa shape index (κ2) is 6.56. The maximum absolute atomic E-state index is 12.3. The van der Waals surface area contributed by atoms with E-state index in [0.717, 1.165) is 40.7 Å². The highest BCUT2D eigenvalue weighted by Gasteiger charge is 2.27. The summed E-state index contributed by atoms with van der Waals surface area (Å²) >= 11 is 0. The average Bonchev–Trinajstić information content (AvgIpc) is 3.49. The number of esters is 1. The molecule has 0 N–H and O–H groups in total. The quantitative estimate of drug-likeness (QED) is 0.505. The predicted octanol–water partition coefficient (Wildman–Crippen LogP) is 4.15. The number of aromatic nitrogens is 4. The molecule has 0 radical (unpaired) electrons. The van der Waals surface area contributed by atoms with Crippen molar-refractivity contribution in [3.8, 4) is 16.8 Å². The fourth-order valence-electron chi connectivity index (χ4n) is 3.44. The number of carbonyl (C=O) groups is 1. The number of carbonyl (C=O) groups excluding carboxylic acids is 1. The van der Waals surface area contributed by atoms with Crippen LogP contribution in [0.25, 0.3) is 27.7 Å². The van der Waals surface area contributed by atoms with Crippen LogP contribution in [0, 0.1) is 0 Å². The zero-order chi connectivity index (χ0) is 19.1. The van der Waals surface area contributed by atoms with Gasteiger partial charge in [0.05, 0.1) is 30.2 Å². The van der Waals surface area contributed by atoms with Crippen molar-refractivity contribution in [2.24, 2.45) is 0 Å². The van der Waals surface area contributed by atoms with Crippen molar-refractivity contribution in [3.05, 3.63) is 72.2 Å². The van der Waals surface area contributed by atoms with Gasteiger partial charge in [0.2, 0.25) is 0 Å². The Balaban J connectivity index is 1.76. The van der Waals surface area contributed by atoms with Crippen LogP contribution >= 0.6 is 0 Å². The van der Waals surface area contributed by atoms with E-state index in [9.17, 15) is 4.79 Å². The zero-order valence-corrected chi connectivity index (χ0v) is 15.4. The van der Waals surface area contributed by atoms with Crippen molar-refractivity contribution in [3.63, 3.8) is 0 Å². The van der Waals surface area contributed by atoms with E-state index >= 15 is 0 Å². The van der Waals surface area contributed by atoms with Crippen LogP contribution < -0.4 is 0 Å². The number of ether oxygens (including phenoxy) is 1. The number of hydrogen-bond acceptors (Lipinski definition) is 5. The van der Waals surface area contributed by atoms with Gasteiger partial charge in [-0.15, -0.1) is 5.10 Å². The maximum atomic E-state index is 12.3. The summed E-state index contributed by atoms with van der Waals surface area (Å²) in [6.07, 6.45) is 4.29. The van der Waals surface area contributed by atoms with E-state index in [1.54, 1.807) is 10.7 Å². The Morgan fingerprint density at radius 2 is 1.93 bits per heavy atom. The van der Waals surface area contributed by atoms with Crippen LogP contribution in [0.4, 0.5) is 0 Å². The molecule has 0 saturated heterocycles. The number of rotatable bonds is 4. The molecule has 6 heteroatoms. The summed E-state index contributed by atoms with van der Waals surface area (Å²) < 4.78 is 6.68. The molecule has 0 unspecified atom stereocenters. The molecule has 2 aromatic carbocycles. The first-order chi connectivity index (χ1) is 13.7. The van der Waals surface area contributed by atoms with E-state index in [4.69, 9.17) is 4.74 Å². The van der Waals surface area contributed by atoms with Gasteiger partial charge in [-0.2, -0.15) is 0 Å². The Hall–Kier alpha value is -3.54. The molecule has 1 aliphatic carbocycles. The number of benzene rings is 2. The molecule has 2 aromatic heterocycles. The first-order valence-corrected chi connectivity index (χ1v) is 9.25. The molecule has 0 atom stereocenters. The lowest BCUT2D eigenvalue weighted by atomic mass is 9.99. The summed E-state index contributed by atoms with van der Waals surface area (Å²) in [7, 11) is 1.36. The molecule has 138 valence electrons. The third kappa shape index (κ3) is 2.83. The molecule has 6 nitrogen and oxygen atoms in total. The fourth-order valence-corrected chi connectivity index (χ4v) is 3.44. The third-order valence-electron chi connectivity index (χ3n) is 5.05. The van der Waals surface area contributed by atoms with Crippen LogP contribution in [0.3, 0.4) is 0 Å². The number of methoxy groups -OCH3 is 1. The van der Waals surface area contributed by atoms with Gasteiger partial charge in [0.25, 0.3) is 0 Å². The van der Waals surface area contributed by atoms with Crippen molar-refractivity contribution >= 4 is 16.9 Å². The van der Waals surface area contributed by atoms with Gasteiger partial charge in [0.15, 0.2) is 0 Å². The molecule has 1 saturated carbocycles. The highest BCUT2D eigenvalue weighted by Crippen LogP contribution is 2.39. The van der Waals surface area contributed by atoms with Gasteiger partial charge in [0.1, 0.15) is 5.69 Å². The molecular formula is C22H18N4O2. The zero-order valence-electron chi connectivity index (χ0n) is 15.4. The van der Waals surface area contributed by atoms with Gasteiger partial charge in [0, 0.05) is 11.3 Å². The van der Waals surface area contributed by atoms with Crippen LogP contribution in [0.15, 0.2) is 60.8 Å². The number of nitrogens with zero attached hydrogens (tertiary/aromatic N) is 4. The lowest BCUT2D eigenvalue weighted by Gasteiger charge is -2.12. The average molecular weight is 370 g/mol. The van der Waals surface area contributed by atoms with Crippen LogP contribution in [0.1, 0.15) is 34.9 Å².